The quantitative estimate of drug-likeness (QED) is 0.449. The molecular formula is C15H21N3O2. The van der Waals surface area contributed by atoms with Crippen molar-refractivity contribution < 1.29 is 9.59 Å². The topological polar surface area (TPSA) is 84.9 Å². The number of rotatable bonds is 8. The highest BCUT2D eigenvalue weighted by atomic mass is 16.1. The Morgan fingerprint density at radius 2 is 1.35 bits per heavy atom. The van der Waals surface area contributed by atoms with Crippen LogP contribution in [0.4, 0.5) is 0 Å². The highest BCUT2D eigenvalue weighted by molar-refractivity contribution is 5.32. The fourth-order valence-electron chi connectivity index (χ4n) is 1.44. The SMILES string of the molecule is NCc1ccccc1.O=C=NCCCCCCN=C=O. The smallest absolute Gasteiger partial charge is 0.234 e. The van der Waals surface area contributed by atoms with E-state index in [2.05, 4.69) is 9.98 Å². The molecule has 0 heterocycles. The van der Waals surface area contributed by atoms with Gasteiger partial charge < -0.3 is 5.73 Å². The first-order chi connectivity index (χ1) is 9.85. The summed E-state index contributed by atoms with van der Waals surface area (Å²) in [7, 11) is 0. The molecule has 0 fully saturated rings. The third-order valence-corrected chi connectivity index (χ3v) is 2.50. The average Bonchev–Trinajstić information content (AvgIpc) is 2.51. The first-order valence-corrected chi connectivity index (χ1v) is 6.66. The Kier molecular flexibility index (Phi) is 13.5. The minimum absolute atomic E-state index is 0.556. The van der Waals surface area contributed by atoms with Crippen LogP contribution < -0.4 is 5.73 Å². The zero-order valence-electron chi connectivity index (χ0n) is 11.6. The fraction of sp³-hybridized carbons (Fsp3) is 0.467. The summed E-state index contributed by atoms with van der Waals surface area (Å²) in [5.74, 6) is 0. The standard InChI is InChI=1S/C8H12N2O2.C7H9N/c11-7-9-5-3-1-2-4-6-10-8-12;8-6-7-4-2-1-3-5-7/h1-6H2;1-5H,6,8H2. The van der Waals surface area contributed by atoms with Gasteiger partial charge in [0, 0.05) is 6.54 Å². The Labute approximate surface area is 119 Å². The molecular weight excluding hydrogens is 254 g/mol. The molecule has 108 valence electrons. The molecule has 20 heavy (non-hydrogen) atoms. The number of benzene rings is 1. The molecule has 2 N–H and O–H groups in total. The van der Waals surface area contributed by atoms with E-state index in [4.69, 9.17) is 5.73 Å². The number of unbranched alkanes of at least 4 members (excludes halogenated alkanes) is 3. The molecule has 1 aromatic rings. The Bertz CT molecular complexity index is 400. The molecule has 0 unspecified atom stereocenters. The third-order valence-electron chi connectivity index (χ3n) is 2.50. The first-order valence-electron chi connectivity index (χ1n) is 6.66. The van der Waals surface area contributed by atoms with Crippen LogP contribution in [0.5, 0.6) is 0 Å². The van der Waals surface area contributed by atoms with E-state index in [1.54, 1.807) is 0 Å². The van der Waals surface area contributed by atoms with Crippen LogP contribution in [0.2, 0.25) is 0 Å². The van der Waals surface area contributed by atoms with Gasteiger partial charge in [-0.1, -0.05) is 43.2 Å². The Hall–Kier alpha value is -2.06. The largest absolute Gasteiger partial charge is 0.326 e. The lowest BCUT2D eigenvalue weighted by atomic mass is 10.2. The minimum atomic E-state index is 0.556. The van der Waals surface area contributed by atoms with Gasteiger partial charge in [-0.25, -0.2) is 19.6 Å². The lowest BCUT2D eigenvalue weighted by molar-refractivity contribution is 0.558. The lowest BCUT2D eigenvalue weighted by Crippen LogP contribution is -1.94. The lowest BCUT2D eigenvalue weighted by Gasteiger charge is -1.93. The van der Waals surface area contributed by atoms with Crippen molar-refractivity contribution in [1.29, 1.82) is 0 Å². The van der Waals surface area contributed by atoms with Crippen molar-refractivity contribution in [3.63, 3.8) is 0 Å². The van der Waals surface area contributed by atoms with E-state index >= 15 is 0 Å². The van der Waals surface area contributed by atoms with E-state index in [1.807, 2.05) is 30.3 Å². The summed E-state index contributed by atoms with van der Waals surface area (Å²) in [5, 5.41) is 0. The number of aliphatic imine (C=N–C) groups is 2. The van der Waals surface area contributed by atoms with Gasteiger partial charge in [-0.05, 0) is 18.4 Å². The maximum atomic E-state index is 9.63. The highest BCUT2D eigenvalue weighted by Gasteiger charge is 1.87. The summed E-state index contributed by atoms with van der Waals surface area (Å²) in [6, 6.07) is 9.99. The number of nitrogens with zero attached hydrogens (tertiary/aromatic N) is 2. The molecule has 1 aromatic carbocycles. The molecule has 0 aromatic heterocycles. The molecule has 0 aliphatic carbocycles. The van der Waals surface area contributed by atoms with Crippen LogP contribution in [-0.2, 0) is 16.1 Å². The Balaban J connectivity index is 0.000000388. The monoisotopic (exact) mass is 275 g/mol. The van der Waals surface area contributed by atoms with Crippen LogP contribution in [0.3, 0.4) is 0 Å². The van der Waals surface area contributed by atoms with E-state index in [1.165, 1.54) is 17.7 Å². The molecule has 0 saturated carbocycles. The molecule has 0 atom stereocenters. The molecule has 5 heteroatoms. The van der Waals surface area contributed by atoms with E-state index in [-0.39, 0.29) is 0 Å². The zero-order valence-corrected chi connectivity index (χ0v) is 11.6. The Morgan fingerprint density at radius 1 is 0.850 bits per heavy atom. The van der Waals surface area contributed by atoms with Gasteiger partial charge in [0.1, 0.15) is 0 Å². The van der Waals surface area contributed by atoms with Gasteiger partial charge in [0.15, 0.2) is 0 Å². The predicted octanol–water partition coefficient (Wildman–Crippen LogP) is 2.36. The normalized spacial score (nSPS) is 8.65. The second-order valence-corrected chi connectivity index (χ2v) is 4.05. The first kappa shape index (κ1) is 17.9. The van der Waals surface area contributed by atoms with Crippen LogP contribution in [0.15, 0.2) is 40.3 Å². The van der Waals surface area contributed by atoms with Gasteiger partial charge in [-0.15, -0.1) is 0 Å². The molecule has 0 saturated heterocycles. The molecule has 0 aliphatic rings. The number of hydrogen-bond acceptors (Lipinski definition) is 5. The van der Waals surface area contributed by atoms with E-state index in [9.17, 15) is 9.59 Å². The molecule has 0 bridgehead atoms. The summed E-state index contributed by atoms with van der Waals surface area (Å²) < 4.78 is 0. The van der Waals surface area contributed by atoms with Gasteiger partial charge in [0.05, 0.1) is 13.1 Å². The summed E-state index contributed by atoms with van der Waals surface area (Å²) in [6.07, 6.45) is 6.80. The maximum Gasteiger partial charge on any atom is 0.234 e. The molecule has 0 aliphatic heterocycles. The maximum absolute atomic E-state index is 9.63. The van der Waals surface area contributed by atoms with Crippen molar-refractivity contribution in [2.45, 2.75) is 32.2 Å². The molecule has 0 radical (unpaired) electrons. The van der Waals surface area contributed by atoms with Gasteiger partial charge >= 0.3 is 0 Å². The zero-order chi connectivity index (χ0) is 14.9. The molecule has 0 spiro atoms. The summed E-state index contributed by atoms with van der Waals surface area (Å²) in [5.41, 5.74) is 6.54. The van der Waals surface area contributed by atoms with E-state index in [0.717, 1.165) is 25.7 Å². The van der Waals surface area contributed by atoms with Gasteiger partial charge in [-0.3, -0.25) is 0 Å². The van der Waals surface area contributed by atoms with E-state index < -0.39 is 0 Å². The number of nitrogens with two attached hydrogens (primary N) is 1. The highest BCUT2D eigenvalue weighted by Crippen LogP contribution is 1.99. The van der Waals surface area contributed by atoms with Crippen molar-refractivity contribution in [2.24, 2.45) is 15.7 Å². The van der Waals surface area contributed by atoms with E-state index in [0.29, 0.717) is 19.6 Å². The van der Waals surface area contributed by atoms with Gasteiger partial charge in [-0.2, -0.15) is 0 Å². The van der Waals surface area contributed by atoms with Crippen molar-refractivity contribution in [1.82, 2.24) is 0 Å². The fourth-order valence-corrected chi connectivity index (χ4v) is 1.44. The van der Waals surface area contributed by atoms with Crippen LogP contribution in [0.25, 0.3) is 0 Å². The van der Waals surface area contributed by atoms with Crippen LogP contribution in [-0.4, -0.2) is 25.2 Å². The number of carbonyl (C=O) groups excluding carboxylic acids is 2. The van der Waals surface area contributed by atoms with Crippen LogP contribution >= 0.6 is 0 Å². The molecule has 5 nitrogen and oxygen atoms in total. The average molecular weight is 275 g/mol. The summed E-state index contributed by atoms with van der Waals surface area (Å²) in [6.45, 7) is 1.75. The van der Waals surface area contributed by atoms with Gasteiger partial charge in [0.25, 0.3) is 0 Å². The number of hydrogen-bond donors (Lipinski definition) is 1. The minimum Gasteiger partial charge on any atom is -0.326 e. The van der Waals surface area contributed by atoms with Gasteiger partial charge in [0.2, 0.25) is 12.2 Å². The predicted molar refractivity (Wildman–Crippen MR) is 78.8 cm³/mol. The van der Waals surface area contributed by atoms with Crippen molar-refractivity contribution in [3.8, 4) is 0 Å². The van der Waals surface area contributed by atoms with Crippen LogP contribution in [0, 0.1) is 0 Å². The van der Waals surface area contributed by atoms with Crippen molar-refractivity contribution >= 4 is 12.2 Å². The van der Waals surface area contributed by atoms with Crippen molar-refractivity contribution in [3.05, 3.63) is 35.9 Å². The third kappa shape index (κ3) is 12.4. The van der Waals surface area contributed by atoms with Crippen molar-refractivity contribution in [2.75, 3.05) is 13.1 Å². The number of isocyanates is 2. The second kappa shape index (κ2) is 15.0. The summed E-state index contributed by atoms with van der Waals surface area (Å²) in [4.78, 5) is 26.1. The molecule has 0 amide bonds. The molecule has 1 rings (SSSR count). The Morgan fingerprint density at radius 3 is 1.70 bits per heavy atom. The second-order valence-electron chi connectivity index (χ2n) is 4.05. The summed E-state index contributed by atoms with van der Waals surface area (Å²) >= 11 is 0. The van der Waals surface area contributed by atoms with Crippen LogP contribution in [0.1, 0.15) is 31.2 Å².